The van der Waals surface area contributed by atoms with Gasteiger partial charge < -0.3 is 14.2 Å². The third-order valence-corrected chi connectivity index (χ3v) is 20.0. The second-order valence-corrected chi connectivity index (χ2v) is 24.6. The lowest BCUT2D eigenvalue weighted by Gasteiger charge is -2.20. The summed E-state index contributed by atoms with van der Waals surface area (Å²) < 4.78 is 20.6. The van der Waals surface area contributed by atoms with Crippen molar-refractivity contribution >= 4 is 120 Å². The molecule has 3 aromatic heterocycles. The zero-order chi connectivity index (χ0) is 53.6. The van der Waals surface area contributed by atoms with E-state index < -0.39 is 0 Å². The fourth-order valence-corrected chi connectivity index (χ4v) is 15.8. The number of fused-ring (bicyclic) bond motifs is 2. The van der Waals surface area contributed by atoms with Crippen LogP contribution in [-0.2, 0) is 30.6 Å². The van der Waals surface area contributed by atoms with Crippen molar-refractivity contribution in [2.75, 3.05) is 19.8 Å². The second kappa shape index (κ2) is 21.8. The van der Waals surface area contributed by atoms with E-state index in [1.54, 1.807) is 11.3 Å². The largest absolute Gasteiger partial charge is 0.493 e. The van der Waals surface area contributed by atoms with E-state index in [0.717, 1.165) is 89.3 Å². The molecule has 0 aliphatic heterocycles. The average molecular weight is 1100 g/mol. The maximum absolute atomic E-state index is 7.03. The number of aryl methyl sites for hydroxylation is 2. The van der Waals surface area contributed by atoms with Gasteiger partial charge >= 0.3 is 0 Å². The molecule has 0 N–H and O–H groups in total. The molecule has 0 amide bonds. The summed E-state index contributed by atoms with van der Waals surface area (Å²) in [6, 6.07) is 76.4. The van der Waals surface area contributed by atoms with Crippen molar-refractivity contribution in [3.8, 4) is 42.1 Å². The number of thiophene rings is 3. The first-order valence-corrected chi connectivity index (χ1v) is 31.2. The molecule has 0 aliphatic carbocycles. The Balaban J connectivity index is 0.701. The molecule has 0 radical (unpaired) electrons. The fraction of sp³-hybridized carbons (Fsp3) is 0.147. The van der Waals surface area contributed by atoms with Gasteiger partial charge in [0.2, 0.25) is 0 Å². The first-order valence-electron chi connectivity index (χ1n) is 28.6. The number of benzene rings is 12. The van der Waals surface area contributed by atoms with E-state index in [4.69, 9.17) is 14.2 Å². The van der Waals surface area contributed by atoms with Crippen LogP contribution in [0, 0.1) is 0 Å². The Morgan fingerprint density at radius 2 is 0.827 bits per heavy atom. The van der Waals surface area contributed by atoms with Crippen molar-refractivity contribution < 1.29 is 14.2 Å². The van der Waals surface area contributed by atoms with Gasteiger partial charge in [-0.3, -0.25) is 0 Å². The zero-order valence-electron chi connectivity index (χ0n) is 45.0. The Bertz CT molecular complexity index is 4690. The molecule has 3 nitrogen and oxygen atoms in total. The van der Waals surface area contributed by atoms with E-state index in [-0.39, 0.29) is 0 Å². The SMILES string of the molecule is c1csc(-c2cc(CCOCc3ccc4c(-c5c(OCCCCc6ccc7ccc8cccc9ccc6c7c89)ccc6ccccc56)c(OCCCCc5ccc6ccc7cccc8ccc5c6c78)ccc4c3)c(-c3cccs3)s2)c1. The Morgan fingerprint density at radius 3 is 1.43 bits per heavy atom. The molecule has 0 saturated heterocycles. The van der Waals surface area contributed by atoms with Crippen LogP contribution in [0.1, 0.15) is 47.9 Å². The standard InChI is InChI=1S/C75H58O3S3/c1-2-18-60-51(11-1)32-37-64(77-40-5-3-12-49-22-24-56-28-26-52-14-7-16-54-30-35-61(49)71(56)69(52)54)73(60)74-63-34-21-48(47-76-42-39-59-46-68(66-19-9-43-79-66)81-75(59)67-20-10-44-80-67)45-58(63)33-38-65(74)78-41-6-4-13-50-23-25-57-29-27-53-15-8-17-55-31-36-62(50)72(57)70(53)55/h1-2,7-11,14-38,43-46H,3-6,12-13,39-42,47H2. The Kier molecular flexibility index (Phi) is 13.4. The lowest BCUT2D eigenvalue weighted by molar-refractivity contribution is 0.124. The molecule has 394 valence electrons. The second-order valence-electron chi connectivity index (χ2n) is 21.6. The minimum Gasteiger partial charge on any atom is -0.493 e. The highest BCUT2D eigenvalue weighted by Crippen LogP contribution is 2.47. The molecule has 15 aromatic rings. The van der Waals surface area contributed by atoms with Crippen molar-refractivity contribution in [2.45, 2.75) is 51.6 Å². The van der Waals surface area contributed by atoms with Gasteiger partial charge in [-0.2, -0.15) is 0 Å². The van der Waals surface area contributed by atoms with Crippen molar-refractivity contribution in [2.24, 2.45) is 0 Å². The first-order chi connectivity index (χ1) is 40.2. The van der Waals surface area contributed by atoms with Crippen LogP contribution >= 0.6 is 34.0 Å². The summed E-state index contributed by atoms with van der Waals surface area (Å²) in [5, 5.41) is 25.0. The van der Waals surface area contributed by atoms with Crippen LogP contribution in [0.15, 0.2) is 217 Å². The minimum atomic E-state index is 0.531. The van der Waals surface area contributed by atoms with E-state index in [1.807, 2.05) is 22.7 Å². The first kappa shape index (κ1) is 49.9. The highest BCUT2D eigenvalue weighted by atomic mass is 32.1. The number of unbranched alkanes of at least 4 members (excludes halogenated alkanes) is 2. The van der Waals surface area contributed by atoms with Crippen molar-refractivity contribution in [3.63, 3.8) is 0 Å². The molecule has 0 fully saturated rings. The summed E-state index contributed by atoms with van der Waals surface area (Å²) in [5.41, 5.74) is 7.46. The molecule has 81 heavy (non-hydrogen) atoms. The van der Waals surface area contributed by atoms with E-state index in [0.29, 0.717) is 26.4 Å². The third-order valence-electron chi connectivity index (χ3n) is 16.7. The molecular formula is C75H58O3S3. The molecule has 0 aliphatic rings. The van der Waals surface area contributed by atoms with Gasteiger partial charge in [-0.25, -0.2) is 0 Å². The summed E-state index contributed by atoms with van der Waals surface area (Å²) in [6.45, 7) is 2.38. The van der Waals surface area contributed by atoms with Crippen LogP contribution in [0.25, 0.3) is 117 Å². The van der Waals surface area contributed by atoms with Gasteiger partial charge in [0.15, 0.2) is 0 Å². The molecule has 6 heteroatoms. The van der Waals surface area contributed by atoms with Crippen LogP contribution in [0.4, 0.5) is 0 Å². The number of hydrogen-bond donors (Lipinski definition) is 0. The van der Waals surface area contributed by atoms with Crippen molar-refractivity contribution in [1.29, 1.82) is 0 Å². The molecule has 0 saturated carbocycles. The van der Waals surface area contributed by atoms with Crippen LogP contribution < -0.4 is 9.47 Å². The van der Waals surface area contributed by atoms with E-state index in [9.17, 15) is 0 Å². The lowest BCUT2D eigenvalue weighted by atomic mass is 9.90. The van der Waals surface area contributed by atoms with Crippen molar-refractivity contribution in [3.05, 3.63) is 239 Å². The van der Waals surface area contributed by atoms with Crippen LogP contribution in [0.2, 0.25) is 0 Å². The molecule has 12 aromatic carbocycles. The Morgan fingerprint density at radius 1 is 0.321 bits per heavy atom. The van der Waals surface area contributed by atoms with Gasteiger partial charge in [0.1, 0.15) is 11.5 Å². The predicted octanol–water partition coefficient (Wildman–Crippen LogP) is 21.5. The maximum atomic E-state index is 7.03. The normalized spacial score (nSPS) is 12.0. The quantitative estimate of drug-likeness (QED) is 0.0562. The van der Waals surface area contributed by atoms with E-state index in [1.165, 1.54) is 106 Å². The number of hydrogen-bond acceptors (Lipinski definition) is 6. The van der Waals surface area contributed by atoms with Gasteiger partial charge in [-0.15, -0.1) is 34.0 Å². The molecule has 0 atom stereocenters. The van der Waals surface area contributed by atoms with E-state index >= 15 is 0 Å². The third kappa shape index (κ3) is 9.44. The highest BCUT2D eigenvalue weighted by Gasteiger charge is 2.21. The van der Waals surface area contributed by atoms with E-state index in [2.05, 4.69) is 217 Å². The highest BCUT2D eigenvalue weighted by molar-refractivity contribution is 7.26. The Labute approximate surface area is 483 Å². The predicted molar refractivity (Wildman–Crippen MR) is 348 cm³/mol. The molecular weight excluding hydrogens is 1050 g/mol. The smallest absolute Gasteiger partial charge is 0.127 e. The average Bonchev–Trinajstić information content (AvgIpc) is 4.44. The molecule has 0 spiro atoms. The topological polar surface area (TPSA) is 27.7 Å². The summed E-state index contributed by atoms with van der Waals surface area (Å²) >= 11 is 5.50. The fourth-order valence-electron chi connectivity index (χ4n) is 12.8. The summed E-state index contributed by atoms with van der Waals surface area (Å²) in [7, 11) is 0. The van der Waals surface area contributed by atoms with Crippen molar-refractivity contribution in [1.82, 2.24) is 0 Å². The van der Waals surface area contributed by atoms with Gasteiger partial charge in [0.25, 0.3) is 0 Å². The summed E-state index contributed by atoms with van der Waals surface area (Å²) in [6.07, 6.45) is 6.74. The van der Waals surface area contributed by atoms with Gasteiger partial charge in [0.05, 0.1) is 26.4 Å². The monoisotopic (exact) mass is 1100 g/mol. The lowest BCUT2D eigenvalue weighted by Crippen LogP contribution is -2.04. The van der Waals surface area contributed by atoms with Gasteiger partial charge in [0, 0.05) is 30.6 Å². The van der Waals surface area contributed by atoms with Gasteiger partial charge in [-0.05, 0) is 201 Å². The summed E-state index contributed by atoms with van der Waals surface area (Å²) in [5.74, 6) is 1.76. The molecule has 15 rings (SSSR count). The van der Waals surface area contributed by atoms with Crippen LogP contribution in [0.5, 0.6) is 11.5 Å². The maximum Gasteiger partial charge on any atom is 0.127 e. The Hall–Kier alpha value is -8.10. The minimum absolute atomic E-state index is 0.531. The zero-order valence-corrected chi connectivity index (χ0v) is 47.5. The number of rotatable bonds is 20. The van der Waals surface area contributed by atoms with Gasteiger partial charge in [-0.1, -0.05) is 170 Å². The van der Waals surface area contributed by atoms with Crippen LogP contribution in [0.3, 0.4) is 0 Å². The summed E-state index contributed by atoms with van der Waals surface area (Å²) in [4.78, 5) is 5.32. The molecule has 3 heterocycles. The molecule has 0 bridgehead atoms. The van der Waals surface area contributed by atoms with Crippen LogP contribution in [-0.4, -0.2) is 19.8 Å². The molecule has 0 unspecified atom stereocenters. The number of ether oxygens (including phenoxy) is 3.